The van der Waals surface area contributed by atoms with Crippen molar-refractivity contribution in [3.8, 4) is 0 Å². The second-order valence-electron chi connectivity index (χ2n) is 6.05. The zero-order chi connectivity index (χ0) is 16.1. The van der Waals surface area contributed by atoms with Crippen LogP contribution in [0.25, 0.3) is 0 Å². The summed E-state index contributed by atoms with van der Waals surface area (Å²) in [5, 5.41) is 12.4. The van der Waals surface area contributed by atoms with Gasteiger partial charge in [0.15, 0.2) is 0 Å². The molecule has 3 N–H and O–H groups in total. The van der Waals surface area contributed by atoms with Crippen LogP contribution in [-0.2, 0) is 19.3 Å². The van der Waals surface area contributed by atoms with Crippen molar-refractivity contribution in [1.82, 2.24) is 10.8 Å². The number of carbonyl (C=O) groups is 1. The summed E-state index contributed by atoms with van der Waals surface area (Å²) < 4.78 is 0. The van der Waals surface area contributed by atoms with E-state index in [9.17, 15) is 4.79 Å². The van der Waals surface area contributed by atoms with Crippen LogP contribution < -0.4 is 10.8 Å². The van der Waals surface area contributed by atoms with Crippen LogP contribution >= 0.6 is 0 Å². The average Bonchev–Trinajstić information content (AvgIpc) is 2.61. The van der Waals surface area contributed by atoms with Crippen LogP contribution in [0.1, 0.15) is 33.5 Å². The molecule has 0 radical (unpaired) electrons. The van der Waals surface area contributed by atoms with Gasteiger partial charge in [-0.1, -0.05) is 36.4 Å². The Balaban J connectivity index is 1.57. The Bertz CT molecular complexity index is 670. The van der Waals surface area contributed by atoms with Crippen LogP contribution in [0.4, 0.5) is 0 Å². The molecule has 1 aliphatic rings. The predicted octanol–water partition coefficient (Wildman–Crippen LogP) is 2.50. The van der Waals surface area contributed by atoms with E-state index in [1.807, 2.05) is 18.2 Å². The normalized spacial score (nSPS) is 16.7. The largest absolute Gasteiger partial charge is 0.313 e. The summed E-state index contributed by atoms with van der Waals surface area (Å²) in [6, 6.07) is 16.6. The topological polar surface area (TPSA) is 61.4 Å². The molecule has 120 valence electrons. The third-order valence-electron chi connectivity index (χ3n) is 4.49. The van der Waals surface area contributed by atoms with Crippen molar-refractivity contribution < 1.29 is 10.0 Å². The van der Waals surface area contributed by atoms with Gasteiger partial charge in [-0.2, -0.15) is 0 Å². The second kappa shape index (κ2) is 7.40. The highest BCUT2D eigenvalue weighted by Crippen LogP contribution is 2.22. The second-order valence-corrected chi connectivity index (χ2v) is 6.05. The number of carbonyl (C=O) groups excluding carboxylic acids is 1. The zero-order valence-electron chi connectivity index (χ0n) is 13.1. The zero-order valence-corrected chi connectivity index (χ0v) is 13.1. The fraction of sp³-hybridized carbons (Fsp3) is 0.316. The molecule has 1 unspecified atom stereocenters. The lowest BCUT2D eigenvalue weighted by atomic mass is 9.87. The van der Waals surface area contributed by atoms with E-state index in [0.29, 0.717) is 11.6 Å². The summed E-state index contributed by atoms with van der Waals surface area (Å²) in [6.45, 7) is 0.959. The Morgan fingerprint density at radius 3 is 2.74 bits per heavy atom. The molecule has 0 heterocycles. The Kier molecular flexibility index (Phi) is 5.05. The van der Waals surface area contributed by atoms with Gasteiger partial charge in [-0.25, -0.2) is 5.48 Å². The van der Waals surface area contributed by atoms with Crippen LogP contribution in [0.3, 0.4) is 0 Å². The standard InChI is InChI=1S/C19H22N2O2/c22-19(21-23)16-7-6-15-8-9-18(13-17(15)12-16)20-11-10-14-4-2-1-3-5-14/h1-7,12,18,20,23H,8-11,13H2,(H,21,22). The molecular formula is C19H22N2O2. The van der Waals surface area contributed by atoms with Gasteiger partial charge >= 0.3 is 0 Å². The summed E-state index contributed by atoms with van der Waals surface area (Å²) in [5.41, 5.74) is 6.06. The lowest BCUT2D eigenvalue weighted by Gasteiger charge is -2.26. The van der Waals surface area contributed by atoms with Gasteiger partial charge in [0.05, 0.1) is 0 Å². The Morgan fingerprint density at radius 1 is 1.13 bits per heavy atom. The number of hydrogen-bond donors (Lipinski definition) is 3. The number of amides is 1. The van der Waals surface area contributed by atoms with Gasteiger partial charge in [0.25, 0.3) is 5.91 Å². The van der Waals surface area contributed by atoms with Crippen LogP contribution in [0.2, 0.25) is 0 Å². The van der Waals surface area contributed by atoms with E-state index in [1.54, 1.807) is 11.5 Å². The van der Waals surface area contributed by atoms with E-state index < -0.39 is 5.91 Å². The summed E-state index contributed by atoms with van der Waals surface area (Å²) in [6.07, 6.45) is 4.10. The molecule has 0 saturated carbocycles. The highest BCUT2D eigenvalue weighted by Gasteiger charge is 2.19. The number of aryl methyl sites for hydroxylation is 1. The molecule has 1 aliphatic carbocycles. The van der Waals surface area contributed by atoms with Crippen molar-refractivity contribution in [3.63, 3.8) is 0 Å². The number of hydroxylamine groups is 1. The fourth-order valence-electron chi connectivity index (χ4n) is 3.20. The van der Waals surface area contributed by atoms with E-state index in [-0.39, 0.29) is 0 Å². The van der Waals surface area contributed by atoms with E-state index in [0.717, 1.165) is 32.2 Å². The van der Waals surface area contributed by atoms with Crippen molar-refractivity contribution in [2.75, 3.05) is 6.54 Å². The SMILES string of the molecule is O=C(NO)c1ccc2c(c1)CC(NCCc1ccccc1)CC2. The first-order valence-corrected chi connectivity index (χ1v) is 8.10. The van der Waals surface area contributed by atoms with Gasteiger partial charge < -0.3 is 5.32 Å². The Morgan fingerprint density at radius 2 is 1.96 bits per heavy atom. The molecule has 2 aromatic rings. The Labute approximate surface area is 136 Å². The number of fused-ring (bicyclic) bond motifs is 1. The molecule has 0 aliphatic heterocycles. The molecule has 0 fully saturated rings. The van der Waals surface area contributed by atoms with E-state index in [1.165, 1.54) is 16.7 Å². The Hall–Kier alpha value is -2.17. The molecule has 23 heavy (non-hydrogen) atoms. The third kappa shape index (κ3) is 3.97. The molecule has 1 amide bonds. The number of hydrogen-bond acceptors (Lipinski definition) is 3. The first kappa shape index (κ1) is 15.7. The van der Waals surface area contributed by atoms with Crippen molar-refractivity contribution in [3.05, 3.63) is 70.8 Å². The van der Waals surface area contributed by atoms with Crippen LogP contribution in [0, 0.1) is 0 Å². The lowest BCUT2D eigenvalue weighted by Crippen LogP contribution is -2.36. The molecule has 1 atom stereocenters. The molecule has 0 saturated heterocycles. The van der Waals surface area contributed by atoms with Crippen LogP contribution in [-0.4, -0.2) is 23.7 Å². The van der Waals surface area contributed by atoms with Crippen molar-refractivity contribution in [2.24, 2.45) is 0 Å². The minimum absolute atomic E-state index is 0.443. The third-order valence-corrected chi connectivity index (χ3v) is 4.49. The van der Waals surface area contributed by atoms with Gasteiger partial charge in [-0.05, 0) is 61.1 Å². The molecular weight excluding hydrogens is 288 g/mol. The molecule has 2 aromatic carbocycles. The maximum atomic E-state index is 11.5. The van der Waals surface area contributed by atoms with Gasteiger partial charge in [0.2, 0.25) is 0 Å². The maximum absolute atomic E-state index is 11.5. The van der Waals surface area contributed by atoms with Crippen molar-refractivity contribution in [1.29, 1.82) is 0 Å². The van der Waals surface area contributed by atoms with Gasteiger partial charge in [-0.3, -0.25) is 10.0 Å². The molecule has 0 bridgehead atoms. The van der Waals surface area contributed by atoms with Gasteiger partial charge in [0.1, 0.15) is 0 Å². The van der Waals surface area contributed by atoms with Gasteiger partial charge in [0, 0.05) is 11.6 Å². The molecule has 3 rings (SSSR count). The number of rotatable bonds is 5. The van der Waals surface area contributed by atoms with Crippen LogP contribution in [0.5, 0.6) is 0 Å². The van der Waals surface area contributed by atoms with Crippen LogP contribution in [0.15, 0.2) is 48.5 Å². The molecule has 0 spiro atoms. The summed E-state index contributed by atoms with van der Waals surface area (Å²) >= 11 is 0. The smallest absolute Gasteiger partial charge is 0.274 e. The minimum atomic E-state index is -0.452. The van der Waals surface area contributed by atoms with E-state index >= 15 is 0 Å². The first-order chi connectivity index (χ1) is 11.3. The average molecular weight is 310 g/mol. The maximum Gasteiger partial charge on any atom is 0.274 e. The summed E-state index contributed by atoms with van der Waals surface area (Å²) in [7, 11) is 0. The highest BCUT2D eigenvalue weighted by atomic mass is 16.5. The fourth-order valence-corrected chi connectivity index (χ4v) is 3.20. The predicted molar refractivity (Wildman–Crippen MR) is 89.7 cm³/mol. The van der Waals surface area contributed by atoms with Gasteiger partial charge in [-0.15, -0.1) is 0 Å². The molecule has 0 aromatic heterocycles. The molecule has 4 nitrogen and oxygen atoms in total. The highest BCUT2D eigenvalue weighted by molar-refractivity contribution is 5.93. The van der Waals surface area contributed by atoms with E-state index in [4.69, 9.17) is 5.21 Å². The van der Waals surface area contributed by atoms with Crippen molar-refractivity contribution >= 4 is 5.91 Å². The minimum Gasteiger partial charge on any atom is -0.313 e. The first-order valence-electron chi connectivity index (χ1n) is 8.10. The summed E-state index contributed by atoms with van der Waals surface area (Å²) in [5.74, 6) is -0.452. The molecule has 4 heteroatoms. The quantitative estimate of drug-likeness (QED) is 0.587. The monoisotopic (exact) mass is 310 g/mol. The number of nitrogens with one attached hydrogen (secondary N) is 2. The number of benzene rings is 2. The van der Waals surface area contributed by atoms with E-state index in [2.05, 4.69) is 29.6 Å². The lowest BCUT2D eigenvalue weighted by molar-refractivity contribution is 0.0706. The summed E-state index contributed by atoms with van der Waals surface area (Å²) in [4.78, 5) is 11.5. The van der Waals surface area contributed by atoms with Crippen molar-refractivity contribution in [2.45, 2.75) is 31.7 Å².